The van der Waals surface area contributed by atoms with Gasteiger partial charge in [0.05, 0.1) is 21.6 Å². The summed E-state index contributed by atoms with van der Waals surface area (Å²) in [6.07, 6.45) is 3.25. The SMILES string of the molecule is O=C(NC1CS(=O)(=O)c2ccccc21)c1cc2c(s1)CCC2. The monoisotopic (exact) mass is 333 g/mol. The molecule has 114 valence electrons. The Kier molecular flexibility index (Phi) is 3.13. The third-order valence-electron chi connectivity index (χ3n) is 4.29. The van der Waals surface area contributed by atoms with Crippen LogP contribution in [0.15, 0.2) is 35.2 Å². The van der Waals surface area contributed by atoms with Crippen molar-refractivity contribution < 1.29 is 13.2 Å². The molecule has 2 heterocycles. The molecule has 0 saturated carbocycles. The van der Waals surface area contributed by atoms with Gasteiger partial charge in [-0.3, -0.25) is 4.79 Å². The van der Waals surface area contributed by atoms with Crippen molar-refractivity contribution in [2.45, 2.75) is 30.2 Å². The summed E-state index contributed by atoms with van der Waals surface area (Å²) in [7, 11) is -3.29. The zero-order valence-electron chi connectivity index (χ0n) is 11.8. The van der Waals surface area contributed by atoms with Gasteiger partial charge in [-0.1, -0.05) is 18.2 Å². The van der Waals surface area contributed by atoms with Gasteiger partial charge in [0, 0.05) is 4.88 Å². The molecule has 1 amide bonds. The van der Waals surface area contributed by atoms with Crippen LogP contribution in [0.1, 0.15) is 38.1 Å². The molecule has 0 spiro atoms. The number of nitrogens with one attached hydrogen (secondary N) is 1. The number of amides is 1. The molecule has 0 bridgehead atoms. The van der Waals surface area contributed by atoms with Crippen LogP contribution in [0.5, 0.6) is 0 Å². The predicted molar refractivity (Wildman–Crippen MR) is 85.0 cm³/mol. The molecule has 1 aliphatic heterocycles. The van der Waals surface area contributed by atoms with Gasteiger partial charge < -0.3 is 5.32 Å². The van der Waals surface area contributed by atoms with Gasteiger partial charge in [0.2, 0.25) is 0 Å². The second-order valence-electron chi connectivity index (χ2n) is 5.76. The van der Waals surface area contributed by atoms with Gasteiger partial charge in [0.25, 0.3) is 5.91 Å². The molecule has 2 aliphatic rings. The zero-order chi connectivity index (χ0) is 15.3. The summed E-state index contributed by atoms with van der Waals surface area (Å²) in [6.45, 7) is 0. The van der Waals surface area contributed by atoms with E-state index < -0.39 is 15.9 Å². The molecule has 1 aliphatic carbocycles. The first-order valence-corrected chi connectivity index (χ1v) is 9.75. The fraction of sp³-hybridized carbons (Fsp3) is 0.312. The average Bonchev–Trinajstić information content (AvgIpc) is 3.12. The van der Waals surface area contributed by atoms with Crippen molar-refractivity contribution in [3.63, 3.8) is 0 Å². The number of carbonyl (C=O) groups is 1. The quantitative estimate of drug-likeness (QED) is 0.918. The number of sulfone groups is 1. The summed E-state index contributed by atoms with van der Waals surface area (Å²) in [6, 6.07) is 8.40. The molecular formula is C16H15NO3S2. The van der Waals surface area contributed by atoms with E-state index >= 15 is 0 Å². The summed E-state index contributed by atoms with van der Waals surface area (Å²) in [5, 5.41) is 2.89. The number of benzene rings is 1. The van der Waals surface area contributed by atoms with Crippen LogP contribution in [-0.2, 0) is 22.7 Å². The molecule has 2 aromatic rings. The molecule has 4 rings (SSSR count). The van der Waals surface area contributed by atoms with E-state index in [4.69, 9.17) is 0 Å². The Hall–Kier alpha value is -1.66. The highest BCUT2D eigenvalue weighted by atomic mass is 32.2. The fourth-order valence-electron chi connectivity index (χ4n) is 3.24. The van der Waals surface area contributed by atoms with E-state index in [9.17, 15) is 13.2 Å². The lowest BCUT2D eigenvalue weighted by Crippen LogP contribution is -2.29. The lowest BCUT2D eigenvalue weighted by Gasteiger charge is -2.11. The van der Waals surface area contributed by atoms with E-state index in [-0.39, 0.29) is 11.7 Å². The fourth-order valence-corrected chi connectivity index (χ4v) is 6.13. The Morgan fingerprint density at radius 1 is 1.23 bits per heavy atom. The van der Waals surface area contributed by atoms with Crippen molar-refractivity contribution in [3.8, 4) is 0 Å². The Labute approximate surface area is 133 Å². The number of hydrogen-bond acceptors (Lipinski definition) is 4. The molecule has 1 unspecified atom stereocenters. The van der Waals surface area contributed by atoms with Crippen molar-refractivity contribution in [1.82, 2.24) is 5.32 Å². The Morgan fingerprint density at radius 3 is 2.86 bits per heavy atom. The Balaban J connectivity index is 1.60. The van der Waals surface area contributed by atoms with Crippen LogP contribution < -0.4 is 5.32 Å². The predicted octanol–water partition coefficient (Wildman–Crippen LogP) is 2.50. The number of thiophene rings is 1. The maximum absolute atomic E-state index is 12.4. The number of fused-ring (bicyclic) bond motifs is 2. The molecule has 22 heavy (non-hydrogen) atoms. The molecule has 0 fully saturated rings. The smallest absolute Gasteiger partial charge is 0.261 e. The summed E-state index contributed by atoms with van der Waals surface area (Å²) in [5.41, 5.74) is 1.97. The first-order valence-electron chi connectivity index (χ1n) is 7.29. The van der Waals surface area contributed by atoms with Crippen molar-refractivity contribution >= 4 is 27.1 Å². The first-order chi connectivity index (χ1) is 10.5. The number of hydrogen-bond donors (Lipinski definition) is 1. The van der Waals surface area contributed by atoms with Gasteiger partial charge in [0.15, 0.2) is 9.84 Å². The molecule has 1 atom stereocenters. The minimum absolute atomic E-state index is 0.0524. The van der Waals surface area contributed by atoms with E-state index in [1.807, 2.05) is 6.07 Å². The minimum atomic E-state index is -3.29. The Morgan fingerprint density at radius 2 is 2.05 bits per heavy atom. The van der Waals surface area contributed by atoms with Gasteiger partial charge >= 0.3 is 0 Å². The van der Waals surface area contributed by atoms with E-state index in [1.165, 1.54) is 21.8 Å². The lowest BCUT2D eigenvalue weighted by atomic mass is 10.1. The maximum atomic E-state index is 12.4. The van der Waals surface area contributed by atoms with Crippen molar-refractivity contribution in [1.29, 1.82) is 0 Å². The minimum Gasteiger partial charge on any atom is -0.343 e. The maximum Gasteiger partial charge on any atom is 0.261 e. The summed E-state index contributed by atoms with van der Waals surface area (Å²) in [5.74, 6) is -0.222. The molecule has 1 aromatic carbocycles. The zero-order valence-corrected chi connectivity index (χ0v) is 13.5. The lowest BCUT2D eigenvalue weighted by molar-refractivity contribution is 0.0944. The average molecular weight is 333 g/mol. The van der Waals surface area contributed by atoms with Gasteiger partial charge in [-0.25, -0.2) is 8.42 Å². The summed E-state index contributed by atoms with van der Waals surface area (Å²) < 4.78 is 24.3. The highest BCUT2D eigenvalue weighted by molar-refractivity contribution is 7.91. The van der Waals surface area contributed by atoms with E-state index in [1.54, 1.807) is 24.3 Å². The van der Waals surface area contributed by atoms with E-state index in [0.29, 0.717) is 15.3 Å². The van der Waals surface area contributed by atoms with Crippen molar-refractivity contribution in [2.24, 2.45) is 0 Å². The number of aryl methyl sites for hydroxylation is 2. The normalized spacial score (nSPS) is 21.4. The van der Waals surface area contributed by atoms with Crippen LogP contribution in [0.25, 0.3) is 0 Å². The van der Waals surface area contributed by atoms with Crippen molar-refractivity contribution in [3.05, 3.63) is 51.2 Å². The largest absolute Gasteiger partial charge is 0.343 e. The van der Waals surface area contributed by atoms with Crippen LogP contribution >= 0.6 is 11.3 Å². The standard InChI is InChI=1S/C16H15NO3S2/c18-16(14-8-10-4-3-6-13(10)21-14)17-12-9-22(19,20)15-7-2-1-5-11(12)15/h1-2,5,7-8,12H,3-4,6,9H2,(H,17,18). The van der Waals surface area contributed by atoms with Crippen molar-refractivity contribution in [2.75, 3.05) is 5.75 Å². The van der Waals surface area contributed by atoms with Crippen LogP contribution in [0.4, 0.5) is 0 Å². The third-order valence-corrected chi connectivity index (χ3v) is 7.34. The summed E-state index contributed by atoms with van der Waals surface area (Å²) in [4.78, 5) is 14.8. The third kappa shape index (κ3) is 2.18. The Bertz CT molecular complexity index is 846. The highest BCUT2D eigenvalue weighted by Crippen LogP contribution is 2.34. The number of rotatable bonds is 2. The topological polar surface area (TPSA) is 63.2 Å². The van der Waals surface area contributed by atoms with Crippen LogP contribution in [0, 0.1) is 0 Å². The first kappa shape index (κ1) is 14.0. The van der Waals surface area contributed by atoms with Crippen LogP contribution in [-0.4, -0.2) is 20.1 Å². The molecule has 0 saturated heterocycles. The van der Waals surface area contributed by atoms with E-state index in [0.717, 1.165) is 19.3 Å². The second-order valence-corrected chi connectivity index (χ2v) is 8.90. The van der Waals surface area contributed by atoms with Crippen LogP contribution in [0.2, 0.25) is 0 Å². The molecule has 1 aromatic heterocycles. The molecule has 1 N–H and O–H groups in total. The number of carbonyl (C=O) groups excluding carboxylic acids is 1. The van der Waals surface area contributed by atoms with Gasteiger partial charge in [0.1, 0.15) is 0 Å². The molecule has 4 nitrogen and oxygen atoms in total. The summed E-state index contributed by atoms with van der Waals surface area (Å²) >= 11 is 1.53. The molecule has 0 radical (unpaired) electrons. The highest BCUT2D eigenvalue weighted by Gasteiger charge is 2.35. The van der Waals surface area contributed by atoms with E-state index in [2.05, 4.69) is 5.32 Å². The molecule has 6 heteroatoms. The van der Waals surface area contributed by atoms with Crippen LogP contribution in [0.3, 0.4) is 0 Å². The van der Waals surface area contributed by atoms with Gasteiger partial charge in [-0.2, -0.15) is 0 Å². The molecular weight excluding hydrogens is 318 g/mol. The second kappa shape index (κ2) is 4.93. The van der Waals surface area contributed by atoms with Gasteiger partial charge in [-0.15, -0.1) is 11.3 Å². The van der Waals surface area contributed by atoms with Gasteiger partial charge in [-0.05, 0) is 42.5 Å².